The first-order valence-corrected chi connectivity index (χ1v) is 8.29. The fraction of sp³-hybridized carbons (Fsp3) is 0.143. The molecule has 3 rings (SSSR count). The van der Waals surface area contributed by atoms with Crippen LogP contribution in [-0.2, 0) is 10.2 Å². The lowest BCUT2D eigenvalue weighted by molar-refractivity contribution is -0.120. The van der Waals surface area contributed by atoms with Crippen LogP contribution in [0.15, 0.2) is 77.4 Å². The van der Waals surface area contributed by atoms with Crippen LogP contribution < -0.4 is 10.6 Å². The minimum absolute atomic E-state index is 0.127. The van der Waals surface area contributed by atoms with Gasteiger partial charge in [-0.15, -0.1) is 0 Å². The maximum Gasteiger partial charge on any atom is 0.291 e. The summed E-state index contributed by atoms with van der Waals surface area (Å²) in [6.45, 7) is 3.75. The van der Waals surface area contributed by atoms with Crippen molar-refractivity contribution >= 4 is 23.2 Å². The monoisotopic (exact) mass is 348 g/mol. The Labute approximate surface area is 152 Å². The maximum absolute atomic E-state index is 12.7. The van der Waals surface area contributed by atoms with E-state index in [1.807, 2.05) is 44.2 Å². The van der Waals surface area contributed by atoms with E-state index < -0.39 is 5.41 Å². The van der Waals surface area contributed by atoms with E-state index in [-0.39, 0.29) is 17.6 Å². The molecular weight excluding hydrogens is 328 g/mol. The van der Waals surface area contributed by atoms with Gasteiger partial charge in [0.15, 0.2) is 5.76 Å². The summed E-state index contributed by atoms with van der Waals surface area (Å²) in [5, 5.41) is 5.66. The van der Waals surface area contributed by atoms with Gasteiger partial charge >= 0.3 is 0 Å². The fourth-order valence-electron chi connectivity index (χ4n) is 2.55. The molecule has 3 aromatic rings. The molecule has 0 spiro atoms. The third-order valence-electron chi connectivity index (χ3n) is 4.19. The molecule has 0 aliphatic rings. The Kier molecular flexibility index (Phi) is 4.89. The summed E-state index contributed by atoms with van der Waals surface area (Å²) in [6, 6.07) is 19.8. The van der Waals surface area contributed by atoms with Crippen molar-refractivity contribution in [2.75, 3.05) is 10.6 Å². The summed E-state index contributed by atoms with van der Waals surface area (Å²) in [4.78, 5) is 24.8. The first-order chi connectivity index (χ1) is 12.5. The Bertz CT molecular complexity index is 900. The van der Waals surface area contributed by atoms with Crippen LogP contribution in [-0.4, -0.2) is 11.8 Å². The van der Waals surface area contributed by atoms with E-state index in [9.17, 15) is 9.59 Å². The number of hydrogen-bond donors (Lipinski definition) is 2. The summed E-state index contributed by atoms with van der Waals surface area (Å²) in [5.74, 6) is -0.244. The third-order valence-corrected chi connectivity index (χ3v) is 4.19. The van der Waals surface area contributed by atoms with Gasteiger partial charge in [-0.2, -0.15) is 0 Å². The van der Waals surface area contributed by atoms with Crippen molar-refractivity contribution < 1.29 is 14.0 Å². The van der Waals surface area contributed by atoms with Gasteiger partial charge in [0.2, 0.25) is 5.91 Å². The van der Waals surface area contributed by atoms with Crippen LogP contribution in [0.4, 0.5) is 11.4 Å². The Balaban J connectivity index is 1.72. The van der Waals surface area contributed by atoms with E-state index >= 15 is 0 Å². The van der Waals surface area contributed by atoms with Crippen molar-refractivity contribution in [3.8, 4) is 0 Å². The number of benzene rings is 2. The number of rotatable bonds is 5. The average Bonchev–Trinajstić information content (AvgIpc) is 3.17. The van der Waals surface area contributed by atoms with Crippen LogP contribution in [0.2, 0.25) is 0 Å². The summed E-state index contributed by atoms with van der Waals surface area (Å²) < 4.78 is 5.07. The molecule has 1 aromatic heterocycles. The Hall–Kier alpha value is -3.34. The van der Waals surface area contributed by atoms with E-state index in [0.29, 0.717) is 11.4 Å². The van der Waals surface area contributed by atoms with E-state index in [1.54, 1.807) is 36.4 Å². The predicted octanol–water partition coefficient (Wildman–Crippen LogP) is 4.45. The quantitative estimate of drug-likeness (QED) is 0.716. The number of carbonyl (C=O) groups is 2. The van der Waals surface area contributed by atoms with E-state index in [4.69, 9.17) is 4.42 Å². The van der Waals surface area contributed by atoms with E-state index in [2.05, 4.69) is 10.6 Å². The molecule has 0 unspecified atom stereocenters. The van der Waals surface area contributed by atoms with Crippen molar-refractivity contribution in [2.45, 2.75) is 19.3 Å². The summed E-state index contributed by atoms with van der Waals surface area (Å²) in [5.41, 5.74) is 1.42. The molecule has 0 atom stereocenters. The van der Waals surface area contributed by atoms with Gasteiger partial charge in [0.25, 0.3) is 5.91 Å². The highest BCUT2D eigenvalue weighted by Crippen LogP contribution is 2.25. The number of amides is 2. The summed E-state index contributed by atoms with van der Waals surface area (Å²) >= 11 is 0. The molecule has 5 nitrogen and oxygen atoms in total. The van der Waals surface area contributed by atoms with Crippen LogP contribution in [0.25, 0.3) is 0 Å². The van der Waals surface area contributed by atoms with Crippen LogP contribution in [0, 0.1) is 0 Å². The Morgan fingerprint density at radius 3 is 2.19 bits per heavy atom. The van der Waals surface area contributed by atoms with Gasteiger partial charge in [0, 0.05) is 11.4 Å². The van der Waals surface area contributed by atoms with Gasteiger partial charge in [-0.05, 0) is 49.7 Å². The molecule has 26 heavy (non-hydrogen) atoms. The molecule has 0 saturated carbocycles. The molecule has 2 amide bonds. The third kappa shape index (κ3) is 3.83. The minimum atomic E-state index is -0.686. The lowest BCUT2D eigenvalue weighted by atomic mass is 9.83. The summed E-state index contributed by atoms with van der Waals surface area (Å²) in [6.07, 6.45) is 1.44. The van der Waals surface area contributed by atoms with Crippen LogP contribution >= 0.6 is 0 Å². The molecule has 0 bridgehead atoms. The molecule has 0 aliphatic carbocycles. The highest BCUT2D eigenvalue weighted by molar-refractivity contribution is 6.03. The molecule has 1 heterocycles. The highest BCUT2D eigenvalue weighted by atomic mass is 16.3. The number of furan rings is 1. The highest BCUT2D eigenvalue weighted by Gasteiger charge is 2.29. The maximum atomic E-state index is 12.7. The zero-order chi connectivity index (χ0) is 18.6. The molecule has 2 aromatic carbocycles. The van der Waals surface area contributed by atoms with Gasteiger partial charge in [-0.25, -0.2) is 0 Å². The predicted molar refractivity (Wildman–Crippen MR) is 101 cm³/mol. The molecule has 0 fully saturated rings. The molecule has 5 heteroatoms. The van der Waals surface area contributed by atoms with Gasteiger partial charge in [0.1, 0.15) is 0 Å². The van der Waals surface area contributed by atoms with Gasteiger partial charge in [-0.1, -0.05) is 36.4 Å². The Morgan fingerprint density at radius 1 is 0.846 bits per heavy atom. The zero-order valence-corrected chi connectivity index (χ0v) is 14.7. The lowest BCUT2D eigenvalue weighted by Crippen LogP contribution is -2.34. The zero-order valence-electron chi connectivity index (χ0n) is 14.7. The van der Waals surface area contributed by atoms with Crippen molar-refractivity contribution in [1.82, 2.24) is 0 Å². The van der Waals surface area contributed by atoms with Crippen molar-refractivity contribution in [3.63, 3.8) is 0 Å². The molecule has 2 N–H and O–H groups in total. The fourth-order valence-corrected chi connectivity index (χ4v) is 2.55. The van der Waals surface area contributed by atoms with Crippen molar-refractivity contribution in [1.29, 1.82) is 0 Å². The second-order valence-corrected chi connectivity index (χ2v) is 6.46. The number of hydrogen-bond acceptors (Lipinski definition) is 3. The van der Waals surface area contributed by atoms with Crippen LogP contribution in [0.5, 0.6) is 0 Å². The minimum Gasteiger partial charge on any atom is -0.459 e. The number of anilines is 2. The second kappa shape index (κ2) is 7.27. The lowest BCUT2D eigenvalue weighted by Gasteiger charge is -2.24. The van der Waals surface area contributed by atoms with Crippen LogP contribution in [0.3, 0.4) is 0 Å². The molecule has 0 radical (unpaired) electrons. The molecule has 0 saturated heterocycles. The topological polar surface area (TPSA) is 71.3 Å². The largest absolute Gasteiger partial charge is 0.459 e. The summed E-state index contributed by atoms with van der Waals surface area (Å²) in [7, 11) is 0. The smallest absolute Gasteiger partial charge is 0.291 e. The van der Waals surface area contributed by atoms with E-state index in [0.717, 1.165) is 5.56 Å². The molecule has 132 valence electrons. The molecule has 0 aliphatic heterocycles. The van der Waals surface area contributed by atoms with Gasteiger partial charge in [0.05, 0.1) is 11.7 Å². The van der Waals surface area contributed by atoms with Gasteiger partial charge in [-0.3, -0.25) is 9.59 Å². The number of nitrogens with one attached hydrogen (secondary N) is 2. The van der Waals surface area contributed by atoms with Crippen molar-refractivity contribution in [2.24, 2.45) is 0 Å². The first kappa shape index (κ1) is 17.5. The van der Waals surface area contributed by atoms with E-state index in [1.165, 1.54) is 6.26 Å². The second-order valence-electron chi connectivity index (χ2n) is 6.46. The Morgan fingerprint density at radius 2 is 1.54 bits per heavy atom. The SMILES string of the molecule is CC(C)(C(=O)Nc1cccc(NC(=O)c2ccco2)c1)c1ccccc1. The number of carbonyl (C=O) groups excluding carboxylic acids is 2. The van der Waals surface area contributed by atoms with Gasteiger partial charge < -0.3 is 15.1 Å². The first-order valence-electron chi connectivity index (χ1n) is 8.29. The van der Waals surface area contributed by atoms with Crippen LogP contribution in [0.1, 0.15) is 30.0 Å². The average molecular weight is 348 g/mol. The normalized spacial score (nSPS) is 11.0. The van der Waals surface area contributed by atoms with Crippen molar-refractivity contribution in [3.05, 3.63) is 84.3 Å². The molecular formula is C21H20N2O3. The standard InChI is InChI=1S/C21H20N2O3/c1-21(2,15-8-4-3-5-9-15)20(25)23-17-11-6-10-16(14-17)22-19(24)18-12-7-13-26-18/h3-14H,1-2H3,(H,22,24)(H,23,25).